The molecule has 0 unspecified atom stereocenters. The number of anilines is 1. The zero-order valence-corrected chi connectivity index (χ0v) is 21.0. The van der Waals surface area contributed by atoms with E-state index in [1.165, 1.54) is 6.33 Å². The molecule has 1 aliphatic carbocycles. The highest BCUT2D eigenvalue weighted by molar-refractivity contribution is 6.30. The molecule has 2 aliphatic rings. The van der Waals surface area contributed by atoms with Gasteiger partial charge in [0.25, 0.3) is 0 Å². The lowest BCUT2D eigenvalue weighted by Gasteiger charge is -2.39. The van der Waals surface area contributed by atoms with Crippen LogP contribution in [-0.2, 0) is 9.53 Å². The molecule has 0 bridgehead atoms. The summed E-state index contributed by atoms with van der Waals surface area (Å²) in [7, 11) is 0. The van der Waals surface area contributed by atoms with E-state index in [2.05, 4.69) is 21.8 Å². The molecule has 2 aromatic rings. The number of carbonyl (C=O) groups excluding carboxylic acids is 2. The molecule has 10 heteroatoms. The van der Waals surface area contributed by atoms with Crippen molar-refractivity contribution < 1.29 is 19.4 Å². The van der Waals surface area contributed by atoms with Crippen molar-refractivity contribution >= 4 is 29.4 Å². The first-order chi connectivity index (χ1) is 16.6. The zero-order chi connectivity index (χ0) is 25.3. The molecule has 0 radical (unpaired) electrons. The van der Waals surface area contributed by atoms with Gasteiger partial charge in [-0.25, -0.2) is 14.8 Å². The number of rotatable bonds is 6. The second-order valence-electron chi connectivity index (χ2n) is 9.95. The summed E-state index contributed by atoms with van der Waals surface area (Å²) in [6, 6.07) is 7.17. The van der Waals surface area contributed by atoms with Gasteiger partial charge in [-0.2, -0.15) is 0 Å². The number of aliphatic hydroxyl groups excluding tert-OH is 1. The number of carbonyl (C=O) groups is 2. The summed E-state index contributed by atoms with van der Waals surface area (Å²) in [4.78, 5) is 37.9. The van der Waals surface area contributed by atoms with E-state index in [0.717, 1.165) is 16.9 Å². The first kappa shape index (κ1) is 25.2. The minimum Gasteiger partial charge on any atom is -0.444 e. The molecule has 4 rings (SSSR count). The van der Waals surface area contributed by atoms with Crippen LogP contribution < -0.4 is 10.6 Å². The number of aromatic nitrogens is 2. The molecule has 9 nitrogen and oxygen atoms in total. The minimum absolute atomic E-state index is 0.0372. The molecule has 3 N–H and O–H groups in total. The largest absolute Gasteiger partial charge is 0.444 e. The Morgan fingerprint density at radius 1 is 1.20 bits per heavy atom. The highest BCUT2D eigenvalue weighted by Gasteiger charge is 2.37. The zero-order valence-electron chi connectivity index (χ0n) is 20.3. The summed E-state index contributed by atoms with van der Waals surface area (Å²) < 4.78 is 5.29. The monoisotopic (exact) mass is 501 g/mol. The Morgan fingerprint density at radius 3 is 2.49 bits per heavy atom. The number of primary amides is 1. The van der Waals surface area contributed by atoms with Gasteiger partial charge >= 0.3 is 6.09 Å². The Hall–Kier alpha value is -2.91. The standard InChI is InChI=1S/C25H32ClN5O4/c1-15-12-19(32)21-20(15)22(29-14-28-21)30-8-10-31(11-9-30)23(33)18(13-25(2,3)35-24(27)34)16-4-6-17(26)7-5-16/h4-7,14-15,18-19,32H,8-13H2,1-3H3,(H2,27,34)/t15-,18+,19-/m1/s1. The van der Waals surface area contributed by atoms with E-state index in [0.29, 0.717) is 43.3 Å². The van der Waals surface area contributed by atoms with Crippen LogP contribution >= 0.6 is 11.6 Å². The van der Waals surface area contributed by atoms with Crippen molar-refractivity contribution in [1.82, 2.24) is 14.9 Å². The van der Waals surface area contributed by atoms with Crippen molar-refractivity contribution in [2.45, 2.75) is 57.2 Å². The molecule has 1 fully saturated rings. The van der Waals surface area contributed by atoms with Crippen molar-refractivity contribution in [2.24, 2.45) is 5.73 Å². The van der Waals surface area contributed by atoms with Gasteiger partial charge in [0.15, 0.2) is 0 Å². The quantitative estimate of drug-likeness (QED) is 0.622. The SMILES string of the molecule is C[C@@H]1C[C@@H](O)c2ncnc(N3CCN(C(=O)[C@@H](CC(C)(C)OC(N)=O)c4ccc(Cl)cc4)CC3)c21. The lowest BCUT2D eigenvalue weighted by Crippen LogP contribution is -2.51. The van der Waals surface area contributed by atoms with E-state index < -0.39 is 23.7 Å². The third kappa shape index (κ3) is 5.51. The maximum Gasteiger partial charge on any atom is 0.405 e. The van der Waals surface area contributed by atoms with Gasteiger partial charge in [-0.15, -0.1) is 0 Å². The number of aliphatic hydroxyl groups is 1. The molecule has 1 aliphatic heterocycles. The van der Waals surface area contributed by atoms with Crippen LogP contribution in [0.4, 0.5) is 10.6 Å². The lowest BCUT2D eigenvalue weighted by atomic mass is 9.86. The summed E-state index contributed by atoms with van der Waals surface area (Å²) in [5, 5.41) is 10.9. The summed E-state index contributed by atoms with van der Waals surface area (Å²) in [6.45, 7) is 7.85. The lowest BCUT2D eigenvalue weighted by molar-refractivity contribution is -0.134. The van der Waals surface area contributed by atoms with Crippen LogP contribution in [0.15, 0.2) is 30.6 Å². The summed E-state index contributed by atoms with van der Waals surface area (Å²) in [5.74, 6) is 0.463. The smallest absolute Gasteiger partial charge is 0.405 e. The van der Waals surface area contributed by atoms with E-state index in [4.69, 9.17) is 22.1 Å². The van der Waals surface area contributed by atoms with Crippen molar-refractivity contribution in [3.63, 3.8) is 0 Å². The Morgan fingerprint density at radius 2 is 1.86 bits per heavy atom. The van der Waals surface area contributed by atoms with Crippen LogP contribution in [0, 0.1) is 0 Å². The van der Waals surface area contributed by atoms with Gasteiger partial charge < -0.3 is 25.4 Å². The van der Waals surface area contributed by atoms with Crippen molar-refractivity contribution in [1.29, 1.82) is 0 Å². The highest BCUT2D eigenvalue weighted by Crippen LogP contribution is 2.43. The first-order valence-corrected chi connectivity index (χ1v) is 12.2. The number of amides is 2. The van der Waals surface area contributed by atoms with Crippen LogP contribution in [0.3, 0.4) is 0 Å². The summed E-state index contributed by atoms with van der Waals surface area (Å²) in [5.41, 5.74) is 6.85. The second kappa shape index (κ2) is 9.99. The average molecular weight is 502 g/mol. The molecule has 1 aromatic heterocycles. The fraction of sp³-hybridized carbons (Fsp3) is 0.520. The van der Waals surface area contributed by atoms with Gasteiger partial charge in [0.05, 0.1) is 17.7 Å². The number of halogens is 1. The van der Waals surface area contributed by atoms with Crippen LogP contribution in [0.1, 0.15) is 68.4 Å². The number of nitrogens with zero attached hydrogens (tertiary/aromatic N) is 4. The molecule has 1 saturated heterocycles. The number of hydrogen-bond donors (Lipinski definition) is 2. The van der Waals surface area contributed by atoms with Gasteiger partial charge in [-0.1, -0.05) is 30.7 Å². The topological polar surface area (TPSA) is 122 Å². The second-order valence-corrected chi connectivity index (χ2v) is 10.4. The Labute approximate surface area is 210 Å². The van der Waals surface area contributed by atoms with Crippen LogP contribution in [0.25, 0.3) is 0 Å². The van der Waals surface area contributed by atoms with Gasteiger partial charge in [-0.3, -0.25) is 4.79 Å². The normalized spacial score (nSPS) is 20.9. The van der Waals surface area contributed by atoms with Crippen LogP contribution in [-0.4, -0.2) is 63.8 Å². The van der Waals surface area contributed by atoms with E-state index in [1.807, 2.05) is 17.0 Å². The molecular formula is C25H32ClN5O4. The summed E-state index contributed by atoms with van der Waals surface area (Å²) >= 11 is 6.07. The molecule has 1 aromatic carbocycles. The molecule has 3 atom stereocenters. The van der Waals surface area contributed by atoms with Crippen molar-refractivity contribution in [3.8, 4) is 0 Å². The predicted octanol–water partition coefficient (Wildman–Crippen LogP) is 3.37. The number of ether oxygens (including phenoxy) is 1. The minimum atomic E-state index is -0.924. The van der Waals surface area contributed by atoms with Crippen molar-refractivity contribution in [3.05, 3.63) is 52.4 Å². The fourth-order valence-corrected chi connectivity index (χ4v) is 5.29. The Bertz CT molecular complexity index is 1090. The fourth-order valence-electron chi connectivity index (χ4n) is 5.16. The molecule has 2 heterocycles. The number of hydrogen-bond acceptors (Lipinski definition) is 7. The highest BCUT2D eigenvalue weighted by atomic mass is 35.5. The average Bonchev–Trinajstić information content (AvgIpc) is 3.10. The van der Waals surface area contributed by atoms with E-state index in [1.54, 1.807) is 26.0 Å². The number of piperazine rings is 1. The van der Waals surface area contributed by atoms with E-state index in [9.17, 15) is 14.7 Å². The maximum atomic E-state index is 13.7. The third-order valence-corrected chi connectivity index (χ3v) is 7.06. The first-order valence-electron chi connectivity index (χ1n) is 11.9. The van der Waals surface area contributed by atoms with Gasteiger partial charge in [0.1, 0.15) is 17.7 Å². The molecule has 0 saturated carbocycles. The van der Waals surface area contributed by atoms with Crippen LogP contribution in [0.5, 0.6) is 0 Å². The molecule has 188 valence electrons. The molecular weight excluding hydrogens is 470 g/mol. The van der Waals surface area contributed by atoms with E-state index >= 15 is 0 Å². The number of benzene rings is 1. The van der Waals surface area contributed by atoms with Crippen molar-refractivity contribution in [2.75, 3.05) is 31.1 Å². The maximum absolute atomic E-state index is 13.7. The van der Waals surface area contributed by atoms with Crippen LogP contribution in [0.2, 0.25) is 5.02 Å². The molecule has 0 spiro atoms. The summed E-state index contributed by atoms with van der Waals surface area (Å²) in [6.07, 6.45) is 1.000. The molecule has 35 heavy (non-hydrogen) atoms. The van der Waals surface area contributed by atoms with Gasteiger partial charge in [0, 0.05) is 43.2 Å². The third-order valence-electron chi connectivity index (χ3n) is 6.81. The molecule has 2 amide bonds. The number of fused-ring (bicyclic) bond motifs is 1. The van der Waals surface area contributed by atoms with Gasteiger partial charge in [0.2, 0.25) is 5.91 Å². The Kier molecular flexibility index (Phi) is 7.19. The van der Waals surface area contributed by atoms with E-state index in [-0.39, 0.29) is 18.2 Å². The van der Waals surface area contributed by atoms with Gasteiger partial charge in [-0.05, 0) is 43.9 Å². The number of nitrogens with two attached hydrogens (primary N) is 1. The Balaban J connectivity index is 1.51. The predicted molar refractivity (Wildman–Crippen MR) is 132 cm³/mol.